The molecule has 0 fully saturated rings. The van der Waals surface area contributed by atoms with E-state index in [4.69, 9.17) is 4.74 Å². The van der Waals surface area contributed by atoms with Crippen molar-refractivity contribution < 1.29 is 22.6 Å². The number of alkyl halides is 2. The molecule has 0 aliphatic carbocycles. The zero-order valence-corrected chi connectivity index (χ0v) is 12.9. The van der Waals surface area contributed by atoms with E-state index >= 15 is 0 Å². The number of halogens is 3. The second-order valence-electron chi connectivity index (χ2n) is 4.92. The second-order valence-corrected chi connectivity index (χ2v) is 4.92. The number of benzene rings is 1. The minimum atomic E-state index is -3.13. The van der Waals surface area contributed by atoms with Crippen LogP contribution in [0, 0.1) is 12.7 Å². The van der Waals surface area contributed by atoms with Crippen molar-refractivity contribution in [2.75, 3.05) is 0 Å². The maximum atomic E-state index is 13.5. The lowest BCUT2D eigenvalue weighted by molar-refractivity contribution is -0.0521. The van der Waals surface area contributed by atoms with Crippen LogP contribution >= 0.6 is 0 Å². The fourth-order valence-electron chi connectivity index (χ4n) is 1.95. The zero-order chi connectivity index (χ0) is 17.8. The summed E-state index contributed by atoms with van der Waals surface area (Å²) in [5.41, 5.74) is 1.51. The number of ether oxygens (including phenoxy) is 2. The molecular weight excluding hydrogens is 339 g/mol. The Labute approximate surface area is 140 Å². The SMILES string of the molecule is Cc1ccnc(OCc2cn(-c3ccc(F)c(OC(F)F)c3)nn2)n1. The monoisotopic (exact) mass is 351 g/mol. The molecule has 2 heterocycles. The van der Waals surface area contributed by atoms with Gasteiger partial charge in [0.2, 0.25) is 0 Å². The van der Waals surface area contributed by atoms with Crippen LogP contribution in [0.25, 0.3) is 5.69 Å². The zero-order valence-electron chi connectivity index (χ0n) is 12.9. The van der Waals surface area contributed by atoms with Crippen LogP contribution in [-0.2, 0) is 6.61 Å². The van der Waals surface area contributed by atoms with Gasteiger partial charge >= 0.3 is 12.6 Å². The first-order valence-corrected chi connectivity index (χ1v) is 7.09. The summed E-state index contributed by atoms with van der Waals surface area (Å²) >= 11 is 0. The Morgan fingerprint density at radius 2 is 2.08 bits per heavy atom. The van der Waals surface area contributed by atoms with Gasteiger partial charge in [0, 0.05) is 18.0 Å². The van der Waals surface area contributed by atoms with Gasteiger partial charge in [0.1, 0.15) is 12.3 Å². The summed E-state index contributed by atoms with van der Waals surface area (Å²) in [6, 6.07) is 5.40. The van der Waals surface area contributed by atoms with Crippen molar-refractivity contribution in [2.24, 2.45) is 0 Å². The Kier molecular flexibility index (Phi) is 4.78. The highest BCUT2D eigenvalue weighted by molar-refractivity contribution is 5.39. The molecule has 25 heavy (non-hydrogen) atoms. The average molecular weight is 351 g/mol. The number of hydrogen-bond acceptors (Lipinski definition) is 6. The quantitative estimate of drug-likeness (QED) is 0.680. The van der Waals surface area contributed by atoms with Crippen LogP contribution in [-0.4, -0.2) is 31.6 Å². The van der Waals surface area contributed by atoms with Gasteiger partial charge in [-0.2, -0.15) is 8.78 Å². The summed E-state index contributed by atoms with van der Waals surface area (Å²) in [5.74, 6) is -1.47. The van der Waals surface area contributed by atoms with Crippen LogP contribution in [0.5, 0.6) is 11.8 Å². The first-order chi connectivity index (χ1) is 12.0. The molecule has 0 bridgehead atoms. The van der Waals surface area contributed by atoms with E-state index in [1.165, 1.54) is 16.9 Å². The number of rotatable bonds is 6. The van der Waals surface area contributed by atoms with Gasteiger partial charge < -0.3 is 9.47 Å². The van der Waals surface area contributed by atoms with Crippen molar-refractivity contribution in [3.63, 3.8) is 0 Å². The Bertz CT molecular complexity index is 872. The van der Waals surface area contributed by atoms with Gasteiger partial charge in [0.25, 0.3) is 0 Å². The lowest BCUT2D eigenvalue weighted by Crippen LogP contribution is -2.05. The maximum Gasteiger partial charge on any atom is 0.387 e. The summed E-state index contributed by atoms with van der Waals surface area (Å²) in [4.78, 5) is 8.04. The Morgan fingerprint density at radius 3 is 2.84 bits per heavy atom. The van der Waals surface area contributed by atoms with Crippen LogP contribution in [0.2, 0.25) is 0 Å². The molecule has 2 aromatic heterocycles. The normalized spacial score (nSPS) is 10.9. The highest BCUT2D eigenvalue weighted by Crippen LogP contribution is 2.22. The minimum Gasteiger partial charge on any atom is -0.457 e. The van der Waals surface area contributed by atoms with Crippen LogP contribution in [0.4, 0.5) is 13.2 Å². The van der Waals surface area contributed by atoms with Crippen molar-refractivity contribution in [1.82, 2.24) is 25.0 Å². The summed E-state index contributed by atoms with van der Waals surface area (Å²) < 4.78 is 48.8. The van der Waals surface area contributed by atoms with Gasteiger partial charge in [-0.1, -0.05) is 5.21 Å². The smallest absolute Gasteiger partial charge is 0.387 e. The molecular formula is C15H12F3N5O2. The van der Waals surface area contributed by atoms with Gasteiger partial charge in [0.05, 0.1) is 11.9 Å². The van der Waals surface area contributed by atoms with Crippen molar-refractivity contribution >= 4 is 0 Å². The van der Waals surface area contributed by atoms with E-state index in [1.54, 1.807) is 19.2 Å². The van der Waals surface area contributed by atoms with E-state index < -0.39 is 18.2 Å². The molecule has 130 valence electrons. The lowest BCUT2D eigenvalue weighted by Gasteiger charge is -2.07. The molecule has 3 aromatic rings. The number of aryl methyl sites for hydroxylation is 1. The van der Waals surface area contributed by atoms with Crippen molar-refractivity contribution in [3.05, 3.63) is 53.9 Å². The Morgan fingerprint density at radius 1 is 1.24 bits per heavy atom. The van der Waals surface area contributed by atoms with E-state index in [1.807, 2.05) is 0 Å². The van der Waals surface area contributed by atoms with Crippen LogP contribution in [0.15, 0.2) is 36.7 Å². The largest absolute Gasteiger partial charge is 0.457 e. The van der Waals surface area contributed by atoms with Gasteiger partial charge in [-0.25, -0.2) is 19.0 Å². The summed E-state index contributed by atoms with van der Waals surface area (Å²) in [7, 11) is 0. The van der Waals surface area contributed by atoms with E-state index in [0.717, 1.165) is 17.8 Å². The average Bonchev–Trinajstić information content (AvgIpc) is 3.04. The maximum absolute atomic E-state index is 13.5. The third kappa shape index (κ3) is 4.22. The van der Waals surface area contributed by atoms with Gasteiger partial charge in [0.15, 0.2) is 11.6 Å². The molecule has 0 spiro atoms. The highest BCUT2D eigenvalue weighted by atomic mass is 19.3. The minimum absolute atomic E-state index is 0.0606. The summed E-state index contributed by atoms with van der Waals surface area (Å²) in [5, 5.41) is 7.74. The fourth-order valence-corrected chi connectivity index (χ4v) is 1.95. The molecule has 0 radical (unpaired) electrons. The number of nitrogens with zero attached hydrogens (tertiary/aromatic N) is 5. The predicted molar refractivity (Wildman–Crippen MR) is 79.1 cm³/mol. The topological polar surface area (TPSA) is 75.0 Å². The highest BCUT2D eigenvalue weighted by Gasteiger charge is 2.12. The third-order valence-corrected chi connectivity index (χ3v) is 3.06. The third-order valence-electron chi connectivity index (χ3n) is 3.06. The van der Waals surface area contributed by atoms with Crippen molar-refractivity contribution in [1.29, 1.82) is 0 Å². The molecule has 3 rings (SSSR count). The fraction of sp³-hybridized carbons (Fsp3) is 0.200. The van der Waals surface area contributed by atoms with Crippen molar-refractivity contribution in [3.8, 4) is 17.4 Å². The van der Waals surface area contributed by atoms with Gasteiger partial charge in [-0.15, -0.1) is 5.10 Å². The number of aromatic nitrogens is 5. The molecule has 0 aliphatic rings. The number of hydrogen-bond donors (Lipinski definition) is 0. The Hall–Kier alpha value is -3.17. The van der Waals surface area contributed by atoms with Crippen LogP contribution in [0.3, 0.4) is 0 Å². The predicted octanol–water partition coefficient (Wildman–Crippen LogP) is 2.69. The molecule has 0 saturated heterocycles. The molecule has 10 heteroatoms. The first-order valence-electron chi connectivity index (χ1n) is 7.09. The summed E-state index contributed by atoms with van der Waals surface area (Å²) in [6.07, 6.45) is 3.08. The Balaban J connectivity index is 1.73. The molecule has 0 N–H and O–H groups in total. The van der Waals surface area contributed by atoms with E-state index in [-0.39, 0.29) is 12.6 Å². The molecule has 7 nitrogen and oxygen atoms in total. The van der Waals surface area contributed by atoms with E-state index in [0.29, 0.717) is 11.4 Å². The molecule has 0 unspecified atom stereocenters. The van der Waals surface area contributed by atoms with Gasteiger partial charge in [-0.05, 0) is 25.1 Å². The molecule has 0 atom stereocenters. The molecule has 0 aliphatic heterocycles. The molecule has 0 amide bonds. The lowest BCUT2D eigenvalue weighted by atomic mass is 10.3. The molecule has 1 aromatic carbocycles. The van der Waals surface area contributed by atoms with Crippen LogP contribution in [0.1, 0.15) is 11.4 Å². The first kappa shape index (κ1) is 16.7. The second kappa shape index (κ2) is 7.16. The van der Waals surface area contributed by atoms with Crippen molar-refractivity contribution in [2.45, 2.75) is 20.1 Å². The van der Waals surface area contributed by atoms with Gasteiger partial charge in [-0.3, -0.25) is 0 Å². The summed E-state index contributed by atoms with van der Waals surface area (Å²) in [6.45, 7) is -1.26. The van der Waals surface area contributed by atoms with E-state index in [9.17, 15) is 13.2 Å². The standard InChI is InChI=1S/C15H12F3N5O2/c1-9-4-5-19-15(20-9)24-8-10-7-23(22-21-10)11-2-3-12(16)13(6-11)25-14(17)18/h2-7,14H,8H2,1H3. The van der Waals surface area contributed by atoms with Crippen LogP contribution < -0.4 is 9.47 Å². The molecule has 0 saturated carbocycles. The van der Waals surface area contributed by atoms with E-state index in [2.05, 4.69) is 25.0 Å².